The third kappa shape index (κ3) is 1.23. The zero-order chi connectivity index (χ0) is 10.1. The highest BCUT2D eigenvalue weighted by molar-refractivity contribution is 6.14. The van der Waals surface area contributed by atoms with Crippen LogP contribution in [0.25, 0.3) is 10.9 Å². The van der Waals surface area contributed by atoms with Crippen molar-refractivity contribution in [2.75, 3.05) is 0 Å². The zero-order valence-electron chi connectivity index (χ0n) is 7.38. The van der Waals surface area contributed by atoms with E-state index >= 15 is 0 Å². The average molecular weight is 189 g/mol. The molecule has 14 heavy (non-hydrogen) atoms. The van der Waals surface area contributed by atoms with Gasteiger partial charge in [-0.15, -0.1) is 0 Å². The van der Waals surface area contributed by atoms with Gasteiger partial charge in [0.05, 0.1) is 5.56 Å². The number of rotatable bonds is 2. The number of carbonyl (C=O) groups excluding carboxylic acids is 1. The summed E-state index contributed by atoms with van der Waals surface area (Å²) in [6.07, 6.45) is 1.50. The van der Waals surface area contributed by atoms with Gasteiger partial charge in [-0.1, -0.05) is 24.8 Å². The fourth-order valence-corrected chi connectivity index (χ4v) is 1.41. The number of carbonyl (C=O) groups is 1. The molecule has 0 saturated heterocycles. The van der Waals surface area contributed by atoms with Gasteiger partial charge in [-0.2, -0.15) is 0 Å². The monoisotopic (exact) mass is 189 g/mol. The van der Waals surface area contributed by atoms with E-state index in [1.54, 1.807) is 12.1 Å². The van der Waals surface area contributed by atoms with E-state index in [1.165, 1.54) is 6.20 Å². The predicted molar refractivity (Wildman–Crippen MR) is 52.9 cm³/mol. The molecule has 0 spiro atoms. The van der Waals surface area contributed by atoms with Gasteiger partial charge in [0.1, 0.15) is 0 Å². The average Bonchev–Trinajstić information content (AvgIpc) is 2.60. The fraction of sp³-hybridized carbons (Fsp3) is 0. The Kier molecular flexibility index (Phi) is 1.93. The molecule has 0 aliphatic rings. The molecule has 1 N–H and O–H groups in total. The largest absolute Gasteiger partial charge is 0.360 e. The van der Waals surface area contributed by atoms with E-state index < -0.39 is 11.6 Å². The number of aromatic nitrogens is 1. The van der Waals surface area contributed by atoms with E-state index in [2.05, 4.69) is 11.6 Å². The number of aromatic amines is 1. The van der Waals surface area contributed by atoms with Crippen molar-refractivity contribution in [2.24, 2.45) is 0 Å². The summed E-state index contributed by atoms with van der Waals surface area (Å²) in [5.74, 6) is -1.60. The molecule has 3 heteroatoms. The van der Waals surface area contributed by atoms with Crippen LogP contribution >= 0.6 is 0 Å². The van der Waals surface area contributed by atoms with E-state index in [4.69, 9.17) is 0 Å². The van der Waals surface area contributed by atoms with Gasteiger partial charge in [-0.3, -0.25) is 4.79 Å². The van der Waals surface area contributed by atoms with Crippen molar-refractivity contribution in [3.63, 3.8) is 0 Å². The lowest BCUT2D eigenvalue weighted by Crippen LogP contribution is -1.96. The van der Waals surface area contributed by atoms with Crippen LogP contribution in [0.2, 0.25) is 0 Å². The van der Waals surface area contributed by atoms with E-state index in [1.807, 2.05) is 12.1 Å². The molecule has 0 bridgehead atoms. The standard InChI is InChI=1S/C11H8FNO/c1-7(12)11(14)9-6-13-10-5-3-2-4-8(9)10/h2-6,13H,1H2. The Morgan fingerprint density at radius 2 is 2.07 bits per heavy atom. The highest BCUT2D eigenvalue weighted by Crippen LogP contribution is 2.20. The molecule has 2 rings (SSSR count). The predicted octanol–water partition coefficient (Wildman–Crippen LogP) is 2.83. The topological polar surface area (TPSA) is 32.9 Å². The smallest absolute Gasteiger partial charge is 0.222 e. The molecular formula is C11H8FNO. The van der Waals surface area contributed by atoms with E-state index in [0.29, 0.717) is 5.56 Å². The maximum Gasteiger partial charge on any atom is 0.222 e. The molecule has 1 aromatic heterocycles. The Hall–Kier alpha value is -1.90. The summed E-state index contributed by atoms with van der Waals surface area (Å²) in [6, 6.07) is 7.24. The van der Waals surface area contributed by atoms with Crippen LogP contribution in [-0.2, 0) is 0 Å². The van der Waals surface area contributed by atoms with Crippen molar-refractivity contribution in [3.8, 4) is 0 Å². The SMILES string of the molecule is C=C(F)C(=O)c1c[nH]c2ccccc12. The second-order valence-electron chi connectivity index (χ2n) is 2.98. The Morgan fingerprint density at radius 1 is 1.36 bits per heavy atom. The van der Waals surface area contributed by atoms with Gasteiger partial charge in [-0.25, -0.2) is 4.39 Å². The molecule has 0 radical (unpaired) electrons. The van der Waals surface area contributed by atoms with Gasteiger partial charge in [0.15, 0.2) is 5.83 Å². The molecule has 0 aliphatic carbocycles. The molecule has 0 saturated carbocycles. The minimum absolute atomic E-state index is 0.327. The van der Waals surface area contributed by atoms with E-state index in [9.17, 15) is 9.18 Å². The van der Waals surface area contributed by atoms with Crippen molar-refractivity contribution in [1.82, 2.24) is 4.98 Å². The number of hydrogen-bond donors (Lipinski definition) is 1. The van der Waals surface area contributed by atoms with Crippen LogP contribution in [0.3, 0.4) is 0 Å². The molecule has 2 aromatic rings. The minimum Gasteiger partial charge on any atom is -0.360 e. The third-order valence-corrected chi connectivity index (χ3v) is 2.08. The van der Waals surface area contributed by atoms with Crippen LogP contribution in [0.5, 0.6) is 0 Å². The molecule has 0 aliphatic heterocycles. The molecule has 2 nitrogen and oxygen atoms in total. The van der Waals surface area contributed by atoms with Gasteiger partial charge >= 0.3 is 0 Å². The fourth-order valence-electron chi connectivity index (χ4n) is 1.41. The number of fused-ring (bicyclic) bond motifs is 1. The highest BCUT2D eigenvalue weighted by Gasteiger charge is 2.13. The van der Waals surface area contributed by atoms with Gasteiger partial charge < -0.3 is 4.98 Å². The number of allylic oxidation sites excluding steroid dienone is 1. The second-order valence-corrected chi connectivity index (χ2v) is 2.98. The molecule has 0 unspecified atom stereocenters. The van der Waals surface area contributed by atoms with E-state index in [-0.39, 0.29) is 0 Å². The summed E-state index contributed by atoms with van der Waals surface area (Å²) in [7, 11) is 0. The molecule has 70 valence electrons. The Labute approximate surface area is 80.1 Å². The number of H-pyrrole nitrogens is 1. The molecule has 0 amide bonds. The Morgan fingerprint density at radius 3 is 2.79 bits per heavy atom. The number of halogens is 1. The maximum absolute atomic E-state index is 12.6. The van der Waals surface area contributed by atoms with E-state index in [0.717, 1.165) is 10.9 Å². The van der Waals surface area contributed by atoms with Crippen LogP contribution in [0.15, 0.2) is 42.9 Å². The summed E-state index contributed by atoms with van der Waals surface area (Å²) >= 11 is 0. The number of nitrogens with one attached hydrogen (secondary N) is 1. The van der Waals surface area contributed by atoms with Crippen molar-refractivity contribution in [1.29, 1.82) is 0 Å². The van der Waals surface area contributed by atoms with Gasteiger partial charge in [-0.05, 0) is 6.07 Å². The lowest BCUT2D eigenvalue weighted by molar-refractivity contribution is 0.101. The lowest BCUT2D eigenvalue weighted by Gasteiger charge is -1.93. The van der Waals surface area contributed by atoms with Crippen molar-refractivity contribution in [3.05, 3.63) is 48.4 Å². The first-order valence-electron chi connectivity index (χ1n) is 4.15. The van der Waals surface area contributed by atoms with Gasteiger partial charge in [0.2, 0.25) is 5.78 Å². The van der Waals surface area contributed by atoms with Crippen molar-refractivity contribution < 1.29 is 9.18 Å². The van der Waals surface area contributed by atoms with Crippen LogP contribution in [0.1, 0.15) is 10.4 Å². The third-order valence-electron chi connectivity index (χ3n) is 2.08. The molecule has 0 atom stereocenters. The summed E-state index contributed by atoms with van der Waals surface area (Å²) < 4.78 is 12.6. The number of para-hydroxylation sites is 1. The molecule has 0 fully saturated rings. The number of ketones is 1. The van der Waals surface area contributed by atoms with Crippen LogP contribution in [0, 0.1) is 0 Å². The Balaban J connectivity index is 2.64. The first-order valence-corrected chi connectivity index (χ1v) is 4.15. The Bertz CT molecular complexity index is 513. The van der Waals surface area contributed by atoms with Crippen molar-refractivity contribution in [2.45, 2.75) is 0 Å². The van der Waals surface area contributed by atoms with Crippen LogP contribution < -0.4 is 0 Å². The maximum atomic E-state index is 12.6. The van der Waals surface area contributed by atoms with Crippen LogP contribution in [0.4, 0.5) is 4.39 Å². The van der Waals surface area contributed by atoms with Gasteiger partial charge in [0, 0.05) is 17.1 Å². The molecule has 1 aromatic carbocycles. The minimum atomic E-state index is -0.935. The highest BCUT2D eigenvalue weighted by atomic mass is 19.1. The molecular weight excluding hydrogens is 181 g/mol. The van der Waals surface area contributed by atoms with Crippen molar-refractivity contribution >= 4 is 16.7 Å². The molecule has 1 heterocycles. The summed E-state index contributed by atoms with van der Waals surface area (Å²) in [5, 5.41) is 0.719. The van der Waals surface area contributed by atoms with Gasteiger partial charge in [0.25, 0.3) is 0 Å². The first kappa shape index (κ1) is 8.69. The lowest BCUT2D eigenvalue weighted by atomic mass is 10.1. The summed E-state index contributed by atoms with van der Waals surface area (Å²) in [4.78, 5) is 14.2. The number of benzene rings is 1. The van der Waals surface area contributed by atoms with Crippen LogP contribution in [-0.4, -0.2) is 10.8 Å². The normalized spacial score (nSPS) is 10.4. The quantitative estimate of drug-likeness (QED) is 0.571. The summed E-state index contributed by atoms with van der Waals surface area (Å²) in [5.41, 5.74) is 1.14. The number of hydrogen-bond acceptors (Lipinski definition) is 1. The summed E-state index contributed by atoms with van der Waals surface area (Å²) in [6.45, 7) is 2.99. The zero-order valence-corrected chi connectivity index (χ0v) is 7.38. The first-order chi connectivity index (χ1) is 6.70. The number of Topliss-reactive ketones (excluding diaryl/α,β-unsaturated/α-hetero) is 1. The second kappa shape index (κ2) is 3.10.